The number of benzene rings is 1. The largest absolute Gasteiger partial charge is 0.314 e. The van der Waals surface area contributed by atoms with Gasteiger partial charge in [-0.2, -0.15) is 5.26 Å². The summed E-state index contributed by atoms with van der Waals surface area (Å²) in [5, 5.41) is 11.9. The number of amides is 1. The van der Waals surface area contributed by atoms with Gasteiger partial charge >= 0.3 is 0 Å². The van der Waals surface area contributed by atoms with Crippen LogP contribution in [-0.2, 0) is 4.79 Å². The van der Waals surface area contributed by atoms with E-state index in [-0.39, 0.29) is 5.91 Å². The zero-order valence-corrected chi connectivity index (χ0v) is 9.81. The van der Waals surface area contributed by atoms with Crippen molar-refractivity contribution in [1.82, 2.24) is 5.32 Å². The van der Waals surface area contributed by atoms with Gasteiger partial charge in [-0.1, -0.05) is 0 Å². The van der Waals surface area contributed by atoms with E-state index in [0.717, 1.165) is 5.69 Å². The first-order chi connectivity index (χ1) is 8.20. The van der Waals surface area contributed by atoms with E-state index in [9.17, 15) is 4.79 Å². The Balaban J connectivity index is 1.94. The van der Waals surface area contributed by atoms with Crippen LogP contribution in [0.15, 0.2) is 24.3 Å². The van der Waals surface area contributed by atoms with Crippen LogP contribution in [0.1, 0.15) is 18.4 Å². The summed E-state index contributed by atoms with van der Waals surface area (Å²) in [6.45, 7) is 0.376. The van der Waals surface area contributed by atoms with Crippen LogP contribution in [-0.4, -0.2) is 25.5 Å². The van der Waals surface area contributed by atoms with Gasteiger partial charge in [0, 0.05) is 18.8 Å². The van der Waals surface area contributed by atoms with Crippen LogP contribution in [0, 0.1) is 11.3 Å². The molecule has 1 aromatic carbocycles. The van der Waals surface area contributed by atoms with E-state index >= 15 is 0 Å². The van der Waals surface area contributed by atoms with Crippen molar-refractivity contribution in [1.29, 1.82) is 5.26 Å². The van der Waals surface area contributed by atoms with E-state index in [0.29, 0.717) is 18.2 Å². The summed E-state index contributed by atoms with van der Waals surface area (Å²) >= 11 is 0. The monoisotopic (exact) mass is 229 g/mol. The molecule has 4 nitrogen and oxygen atoms in total. The fourth-order valence-electron chi connectivity index (χ4n) is 1.54. The summed E-state index contributed by atoms with van der Waals surface area (Å²) in [5.41, 5.74) is 1.41. The van der Waals surface area contributed by atoms with Crippen molar-refractivity contribution in [3.63, 3.8) is 0 Å². The molecule has 1 aliphatic carbocycles. The third-order valence-corrected chi connectivity index (χ3v) is 2.88. The van der Waals surface area contributed by atoms with Crippen LogP contribution >= 0.6 is 0 Å². The lowest BCUT2D eigenvalue weighted by atomic mass is 10.2. The Morgan fingerprint density at radius 3 is 2.65 bits per heavy atom. The van der Waals surface area contributed by atoms with E-state index in [1.54, 1.807) is 36.2 Å². The van der Waals surface area contributed by atoms with Gasteiger partial charge in [-0.15, -0.1) is 0 Å². The summed E-state index contributed by atoms with van der Waals surface area (Å²) in [6, 6.07) is 9.59. The average molecular weight is 229 g/mol. The normalized spacial score (nSPS) is 14.1. The molecule has 1 saturated carbocycles. The van der Waals surface area contributed by atoms with Crippen molar-refractivity contribution in [3.8, 4) is 6.07 Å². The van der Waals surface area contributed by atoms with E-state index in [2.05, 4.69) is 11.4 Å². The molecular weight excluding hydrogens is 214 g/mol. The van der Waals surface area contributed by atoms with Crippen LogP contribution in [0.4, 0.5) is 5.69 Å². The molecule has 17 heavy (non-hydrogen) atoms. The van der Waals surface area contributed by atoms with Crippen molar-refractivity contribution in [2.75, 3.05) is 18.5 Å². The molecule has 0 saturated heterocycles. The zero-order chi connectivity index (χ0) is 12.3. The molecule has 0 atom stereocenters. The second kappa shape index (κ2) is 4.98. The number of nitrogens with zero attached hydrogens (tertiary/aromatic N) is 2. The third-order valence-electron chi connectivity index (χ3n) is 2.88. The van der Waals surface area contributed by atoms with Gasteiger partial charge < -0.3 is 10.2 Å². The highest BCUT2D eigenvalue weighted by Gasteiger charge is 2.22. The first-order valence-corrected chi connectivity index (χ1v) is 5.71. The van der Waals surface area contributed by atoms with Gasteiger partial charge in [-0.05, 0) is 37.1 Å². The first-order valence-electron chi connectivity index (χ1n) is 5.71. The number of nitrogens with one attached hydrogen (secondary N) is 1. The highest BCUT2D eigenvalue weighted by Crippen LogP contribution is 2.18. The fourth-order valence-corrected chi connectivity index (χ4v) is 1.54. The minimum atomic E-state index is 0.0432. The Hall–Kier alpha value is -1.86. The predicted molar refractivity (Wildman–Crippen MR) is 65.6 cm³/mol. The minimum absolute atomic E-state index is 0.0432. The number of carbonyl (C=O) groups is 1. The Morgan fingerprint density at radius 2 is 2.12 bits per heavy atom. The number of hydrogen-bond donors (Lipinski definition) is 1. The molecule has 1 aromatic rings. The van der Waals surface area contributed by atoms with E-state index in [1.807, 2.05) is 0 Å². The van der Waals surface area contributed by atoms with Crippen LogP contribution < -0.4 is 10.2 Å². The molecule has 4 heteroatoms. The van der Waals surface area contributed by atoms with Gasteiger partial charge in [0.25, 0.3) is 0 Å². The van der Waals surface area contributed by atoms with Crippen LogP contribution in [0.3, 0.4) is 0 Å². The van der Waals surface area contributed by atoms with E-state index in [4.69, 9.17) is 5.26 Å². The number of hydrogen-bond acceptors (Lipinski definition) is 3. The smallest absolute Gasteiger partial charge is 0.240 e. The van der Waals surface area contributed by atoms with Crippen molar-refractivity contribution >= 4 is 11.6 Å². The lowest BCUT2D eigenvalue weighted by Gasteiger charge is -2.17. The van der Waals surface area contributed by atoms with Crippen LogP contribution in [0.2, 0.25) is 0 Å². The molecule has 0 aromatic heterocycles. The molecule has 0 unspecified atom stereocenters. The second-order valence-corrected chi connectivity index (χ2v) is 4.27. The highest BCUT2D eigenvalue weighted by atomic mass is 16.2. The molecule has 1 aliphatic rings. The van der Waals surface area contributed by atoms with Gasteiger partial charge in [0.05, 0.1) is 18.2 Å². The quantitative estimate of drug-likeness (QED) is 0.846. The first kappa shape index (κ1) is 11.6. The lowest BCUT2D eigenvalue weighted by Crippen LogP contribution is -2.36. The molecule has 1 N–H and O–H groups in total. The number of likely N-dealkylation sites (N-methyl/N-ethyl adjacent to an activating group) is 1. The topological polar surface area (TPSA) is 56.1 Å². The van der Waals surface area contributed by atoms with Gasteiger partial charge in [-0.3, -0.25) is 4.79 Å². The molecular formula is C13H15N3O. The minimum Gasteiger partial charge on any atom is -0.314 e. The van der Waals surface area contributed by atoms with Crippen LogP contribution in [0.25, 0.3) is 0 Å². The molecule has 0 radical (unpaired) electrons. The Morgan fingerprint density at radius 1 is 1.47 bits per heavy atom. The summed E-state index contributed by atoms with van der Waals surface area (Å²) < 4.78 is 0. The fraction of sp³-hybridized carbons (Fsp3) is 0.385. The Labute approximate surface area is 101 Å². The molecule has 1 fully saturated rings. The van der Waals surface area contributed by atoms with E-state index < -0.39 is 0 Å². The molecule has 0 spiro atoms. The molecule has 0 aliphatic heterocycles. The third kappa shape index (κ3) is 3.05. The molecule has 88 valence electrons. The standard InChI is InChI=1S/C13H15N3O/c1-16(13(17)9-15-11-4-5-11)12-6-2-10(8-14)3-7-12/h2-3,6-7,11,15H,4-5,9H2,1H3. The van der Waals surface area contributed by atoms with Crippen molar-refractivity contribution in [2.45, 2.75) is 18.9 Å². The molecule has 0 heterocycles. The maximum absolute atomic E-state index is 11.8. The predicted octanol–water partition coefficient (Wildman–Crippen LogP) is 1.27. The van der Waals surface area contributed by atoms with Gasteiger partial charge in [-0.25, -0.2) is 0 Å². The van der Waals surface area contributed by atoms with Gasteiger partial charge in [0.1, 0.15) is 0 Å². The van der Waals surface area contributed by atoms with Crippen LogP contribution in [0.5, 0.6) is 0 Å². The average Bonchev–Trinajstić information content (AvgIpc) is 3.19. The van der Waals surface area contributed by atoms with Gasteiger partial charge in [0.15, 0.2) is 0 Å². The Bertz CT molecular complexity index is 443. The van der Waals surface area contributed by atoms with Crippen molar-refractivity contribution in [2.24, 2.45) is 0 Å². The summed E-state index contributed by atoms with van der Waals surface area (Å²) in [5.74, 6) is 0.0432. The SMILES string of the molecule is CN(C(=O)CNC1CC1)c1ccc(C#N)cc1. The molecule has 0 bridgehead atoms. The van der Waals surface area contributed by atoms with Crippen molar-refractivity contribution in [3.05, 3.63) is 29.8 Å². The highest BCUT2D eigenvalue weighted by molar-refractivity contribution is 5.94. The summed E-state index contributed by atoms with van der Waals surface area (Å²) in [4.78, 5) is 13.4. The molecule has 1 amide bonds. The number of nitriles is 1. The summed E-state index contributed by atoms with van der Waals surface area (Å²) in [6.07, 6.45) is 2.35. The number of rotatable bonds is 4. The van der Waals surface area contributed by atoms with E-state index in [1.165, 1.54) is 12.8 Å². The Kier molecular flexibility index (Phi) is 3.40. The van der Waals surface area contributed by atoms with Crippen molar-refractivity contribution < 1.29 is 4.79 Å². The zero-order valence-electron chi connectivity index (χ0n) is 9.81. The maximum Gasteiger partial charge on any atom is 0.240 e. The summed E-state index contributed by atoms with van der Waals surface area (Å²) in [7, 11) is 1.75. The second-order valence-electron chi connectivity index (χ2n) is 4.27. The number of anilines is 1. The van der Waals surface area contributed by atoms with Gasteiger partial charge in [0.2, 0.25) is 5.91 Å². The molecule has 2 rings (SSSR count). The number of carbonyl (C=O) groups excluding carboxylic acids is 1. The lowest BCUT2D eigenvalue weighted by molar-refractivity contribution is -0.117. The maximum atomic E-state index is 11.8.